The summed E-state index contributed by atoms with van der Waals surface area (Å²) in [6.45, 7) is 18.6. The van der Waals surface area contributed by atoms with Gasteiger partial charge in [0.05, 0.1) is 11.0 Å². The van der Waals surface area contributed by atoms with Crippen molar-refractivity contribution in [2.75, 3.05) is 9.80 Å². The Kier molecular flexibility index (Phi) is 8.41. The topological polar surface area (TPSA) is 11.4 Å². The largest absolute Gasteiger partial charge is 0.321 e. The first-order valence-electron chi connectivity index (χ1n) is 17.8. The third-order valence-corrected chi connectivity index (χ3v) is 10.1. The predicted molar refractivity (Wildman–Crippen MR) is 207 cm³/mol. The molecule has 0 N–H and O–H groups in total. The van der Waals surface area contributed by atoms with E-state index in [2.05, 4.69) is 191 Å². The molecule has 3 heteroatoms. The Bertz CT molecular complexity index is 1930. The molecule has 1 aromatic heterocycles. The van der Waals surface area contributed by atoms with E-state index in [-0.39, 0.29) is 6.17 Å². The van der Waals surface area contributed by atoms with Crippen LogP contribution in [0.3, 0.4) is 0 Å². The Hall–Kier alpha value is -4.76. The van der Waals surface area contributed by atoms with Gasteiger partial charge in [0.1, 0.15) is 6.17 Å². The molecule has 244 valence electrons. The van der Waals surface area contributed by atoms with Gasteiger partial charge in [-0.1, -0.05) is 140 Å². The number of nitrogens with zero attached hydrogens (tertiary/aromatic N) is 3. The third kappa shape index (κ3) is 5.30. The second kappa shape index (κ2) is 12.7. The average molecular weight is 632 g/mol. The fourth-order valence-electron chi connectivity index (χ4n) is 7.77. The molecular weight excluding hydrogens is 583 g/mol. The standard InChI is InChI=1S/C45H49N3/c1-29(2)35-17-13-18-36(30(3)4)43(35)46-27-28-47(44-37(31(5)6)19-14-20-38(44)32(7)8)45(46)33-23-25-34(26-24-33)48-41-21-11-9-15-39(41)40-16-10-12-22-42(40)48/h9-32,45H,1-8H3. The summed E-state index contributed by atoms with van der Waals surface area (Å²) in [7, 11) is 0. The number of para-hydroxylation sites is 4. The van der Waals surface area contributed by atoms with E-state index >= 15 is 0 Å². The van der Waals surface area contributed by atoms with Gasteiger partial charge in [-0.3, -0.25) is 0 Å². The number of hydrogen-bond acceptors (Lipinski definition) is 2. The van der Waals surface area contributed by atoms with Crippen molar-refractivity contribution in [2.45, 2.75) is 85.2 Å². The molecule has 5 aromatic carbocycles. The van der Waals surface area contributed by atoms with Crippen LogP contribution in [-0.4, -0.2) is 4.57 Å². The number of benzene rings is 5. The van der Waals surface area contributed by atoms with Gasteiger partial charge >= 0.3 is 0 Å². The van der Waals surface area contributed by atoms with Crippen LogP contribution in [0.15, 0.2) is 122 Å². The molecule has 2 heterocycles. The van der Waals surface area contributed by atoms with Crippen LogP contribution in [0.25, 0.3) is 27.5 Å². The highest BCUT2D eigenvalue weighted by Crippen LogP contribution is 2.48. The lowest BCUT2D eigenvalue weighted by Gasteiger charge is -2.38. The summed E-state index contributed by atoms with van der Waals surface area (Å²) >= 11 is 0. The Labute approximate surface area is 287 Å². The summed E-state index contributed by atoms with van der Waals surface area (Å²) in [6, 6.07) is 40.6. The number of aromatic nitrogens is 1. The van der Waals surface area contributed by atoms with Crippen LogP contribution in [0.1, 0.15) is 113 Å². The molecule has 0 amide bonds. The first kappa shape index (κ1) is 31.8. The van der Waals surface area contributed by atoms with E-state index < -0.39 is 0 Å². The summed E-state index contributed by atoms with van der Waals surface area (Å²) in [5.41, 5.74) is 13.1. The molecule has 0 spiro atoms. The lowest BCUT2D eigenvalue weighted by molar-refractivity contribution is 0.701. The smallest absolute Gasteiger partial charge is 0.136 e. The van der Waals surface area contributed by atoms with E-state index in [9.17, 15) is 0 Å². The molecule has 1 aliphatic rings. The number of fused-ring (bicyclic) bond motifs is 3. The van der Waals surface area contributed by atoms with Crippen LogP contribution in [0.4, 0.5) is 11.4 Å². The second-order valence-electron chi connectivity index (χ2n) is 14.6. The lowest BCUT2D eigenvalue weighted by atomic mass is 9.90. The van der Waals surface area contributed by atoms with Crippen molar-refractivity contribution in [3.8, 4) is 5.69 Å². The molecule has 1 aliphatic heterocycles. The zero-order valence-corrected chi connectivity index (χ0v) is 29.8. The van der Waals surface area contributed by atoms with Gasteiger partial charge in [-0.15, -0.1) is 0 Å². The predicted octanol–water partition coefficient (Wildman–Crippen LogP) is 12.8. The molecule has 6 aromatic rings. The Balaban J connectivity index is 1.44. The first-order chi connectivity index (χ1) is 23.2. The molecule has 0 radical (unpaired) electrons. The first-order valence-corrected chi connectivity index (χ1v) is 17.8. The molecule has 48 heavy (non-hydrogen) atoms. The van der Waals surface area contributed by atoms with Crippen molar-refractivity contribution >= 4 is 33.2 Å². The normalized spacial score (nSPS) is 13.9. The highest BCUT2D eigenvalue weighted by molar-refractivity contribution is 6.09. The molecule has 0 bridgehead atoms. The SMILES string of the molecule is CC(C)c1cccc(C(C)C)c1N1C=CN(c2c(C(C)C)cccc2C(C)C)C1c1ccc(-n2c3ccccc3c3ccccc32)cc1. The van der Waals surface area contributed by atoms with Crippen LogP contribution < -0.4 is 9.80 Å². The maximum absolute atomic E-state index is 2.56. The van der Waals surface area contributed by atoms with Crippen LogP contribution in [0, 0.1) is 0 Å². The maximum atomic E-state index is 2.56. The molecule has 0 unspecified atom stereocenters. The molecular formula is C45H49N3. The van der Waals surface area contributed by atoms with Crippen LogP contribution >= 0.6 is 0 Å². The van der Waals surface area contributed by atoms with E-state index in [1.54, 1.807) is 0 Å². The van der Waals surface area contributed by atoms with Crippen molar-refractivity contribution < 1.29 is 0 Å². The van der Waals surface area contributed by atoms with Crippen LogP contribution in [0.5, 0.6) is 0 Å². The Morgan fingerprint density at radius 3 is 1.17 bits per heavy atom. The lowest BCUT2D eigenvalue weighted by Crippen LogP contribution is -2.33. The quantitative estimate of drug-likeness (QED) is 0.166. The average Bonchev–Trinajstić information content (AvgIpc) is 3.67. The van der Waals surface area contributed by atoms with E-state index in [1.807, 2.05) is 0 Å². The van der Waals surface area contributed by atoms with E-state index in [0.29, 0.717) is 23.7 Å². The Morgan fingerprint density at radius 1 is 0.417 bits per heavy atom. The summed E-state index contributed by atoms with van der Waals surface area (Å²) in [6.07, 6.45) is 4.63. The molecule has 0 saturated carbocycles. The van der Waals surface area contributed by atoms with Crippen LogP contribution in [-0.2, 0) is 0 Å². The molecule has 0 atom stereocenters. The molecule has 3 nitrogen and oxygen atoms in total. The Morgan fingerprint density at radius 2 is 0.792 bits per heavy atom. The monoisotopic (exact) mass is 631 g/mol. The van der Waals surface area contributed by atoms with E-state index in [0.717, 1.165) is 0 Å². The summed E-state index contributed by atoms with van der Waals surface area (Å²) in [5, 5.41) is 2.57. The van der Waals surface area contributed by atoms with Crippen LogP contribution in [0.2, 0.25) is 0 Å². The minimum atomic E-state index is -0.0352. The zero-order chi connectivity index (χ0) is 33.7. The van der Waals surface area contributed by atoms with Crippen molar-refractivity contribution in [2.24, 2.45) is 0 Å². The van der Waals surface area contributed by atoms with Gasteiger partial charge in [0.2, 0.25) is 0 Å². The van der Waals surface area contributed by atoms with Crippen molar-refractivity contribution in [1.29, 1.82) is 0 Å². The van der Waals surface area contributed by atoms with Gasteiger partial charge in [-0.2, -0.15) is 0 Å². The van der Waals surface area contributed by atoms with Gasteiger partial charge in [-0.05, 0) is 75.8 Å². The highest BCUT2D eigenvalue weighted by atomic mass is 15.4. The minimum Gasteiger partial charge on any atom is -0.321 e. The van der Waals surface area contributed by atoms with E-state index in [1.165, 1.54) is 66.7 Å². The fourth-order valence-corrected chi connectivity index (χ4v) is 7.77. The second-order valence-corrected chi connectivity index (χ2v) is 14.6. The van der Waals surface area contributed by atoms with Crippen molar-refractivity contribution in [3.63, 3.8) is 0 Å². The van der Waals surface area contributed by atoms with Gasteiger partial charge < -0.3 is 14.4 Å². The summed E-state index contributed by atoms with van der Waals surface area (Å²) < 4.78 is 2.41. The third-order valence-electron chi connectivity index (χ3n) is 10.1. The van der Waals surface area contributed by atoms with Crippen molar-refractivity contribution in [1.82, 2.24) is 4.57 Å². The molecule has 0 aliphatic carbocycles. The highest BCUT2D eigenvalue weighted by Gasteiger charge is 2.36. The number of hydrogen-bond donors (Lipinski definition) is 0. The fraction of sp³-hybridized carbons (Fsp3) is 0.289. The van der Waals surface area contributed by atoms with Gasteiger partial charge in [0.15, 0.2) is 0 Å². The number of anilines is 2. The molecule has 0 saturated heterocycles. The van der Waals surface area contributed by atoms with Gasteiger partial charge in [-0.25, -0.2) is 0 Å². The van der Waals surface area contributed by atoms with E-state index in [4.69, 9.17) is 0 Å². The molecule has 7 rings (SSSR count). The zero-order valence-electron chi connectivity index (χ0n) is 29.8. The maximum Gasteiger partial charge on any atom is 0.136 e. The molecule has 0 fully saturated rings. The van der Waals surface area contributed by atoms with Gasteiger partial charge in [0.25, 0.3) is 0 Å². The van der Waals surface area contributed by atoms with Crippen molar-refractivity contribution in [3.05, 3.63) is 149 Å². The van der Waals surface area contributed by atoms with Gasteiger partial charge in [0, 0.05) is 40.2 Å². The summed E-state index contributed by atoms with van der Waals surface area (Å²) in [5.74, 6) is 1.59. The summed E-state index contributed by atoms with van der Waals surface area (Å²) in [4.78, 5) is 5.11. The number of rotatable bonds is 8. The minimum absolute atomic E-state index is 0.0352.